The number of hydrogen-bond acceptors (Lipinski definition) is 4. The third kappa shape index (κ3) is 3.66. The summed E-state index contributed by atoms with van der Waals surface area (Å²) < 4.78 is 1.88. The smallest absolute Gasteiger partial charge is 0.270 e. The van der Waals surface area contributed by atoms with Crippen LogP contribution in [-0.2, 0) is 6.54 Å². The van der Waals surface area contributed by atoms with Gasteiger partial charge in [-0.2, -0.15) is 0 Å². The molecular weight excluding hydrogens is 356 g/mol. The standard InChI is InChI=1S/C20H22N6O2/c1-14-21-6-9-26(14)18-10-15(4-5-22-18)12-24-19(27)16-11-17(23-13-16)20(28)25-7-2-3-8-25/h4-6,9-11,13,23H,2-3,7-8,12H2,1H3,(H,24,27). The zero-order chi connectivity index (χ0) is 19.5. The molecule has 4 heterocycles. The summed E-state index contributed by atoms with van der Waals surface area (Å²) in [6, 6.07) is 5.38. The Balaban J connectivity index is 1.40. The van der Waals surface area contributed by atoms with E-state index in [9.17, 15) is 9.59 Å². The van der Waals surface area contributed by atoms with Crippen LogP contribution in [0.5, 0.6) is 0 Å². The van der Waals surface area contributed by atoms with Crippen molar-refractivity contribution in [3.8, 4) is 5.82 Å². The maximum atomic E-state index is 12.5. The molecule has 3 aromatic rings. The van der Waals surface area contributed by atoms with Gasteiger partial charge in [-0.3, -0.25) is 14.2 Å². The van der Waals surface area contributed by atoms with Crippen molar-refractivity contribution in [2.75, 3.05) is 13.1 Å². The molecule has 8 nitrogen and oxygen atoms in total. The minimum atomic E-state index is -0.228. The molecule has 144 valence electrons. The average Bonchev–Trinajstić information content (AvgIpc) is 3.47. The lowest BCUT2D eigenvalue weighted by Gasteiger charge is -2.13. The highest BCUT2D eigenvalue weighted by molar-refractivity contribution is 5.99. The third-order valence-electron chi connectivity index (χ3n) is 4.90. The molecule has 0 radical (unpaired) electrons. The van der Waals surface area contributed by atoms with Crippen molar-refractivity contribution >= 4 is 11.8 Å². The quantitative estimate of drug-likeness (QED) is 0.710. The maximum absolute atomic E-state index is 12.5. The van der Waals surface area contributed by atoms with E-state index in [4.69, 9.17) is 0 Å². The summed E-state index contributed by atoms with van der Waals surface area (Å²) in [5, 5.41) is 2.89. The number of pyridine rings is 1. The average molecular weight is 378 g/mol. The molecule has 2 N–H and O–H groups in total. The fraction of sp³-hybridized carbons (Fsp3) is 0.300. The van der Waals surface area contributed by atoms with Crippen molar-refractivity contribution in [2.24, 2.45) is 0 Å². The first kappa shape index (κ1) is 18.0. The Morgan fingerprint density at radius 3 is 2.75 bits per heavy atom. The number of imidazole rings is 1. The first-order chi connectivity index (χ1) is 13.6. The van der Waals surface area contributed by atoms with E-state index in [2.05, 4.69) is 20.3 Å². The summed E-state index contributed by atoms with van der Waals surface area (Å²) in [4.78, 5) is 38.1. The van der Waals surface area contributed by atoms with Gasteiger partial charge in [0.25, 0.3) is 11.8 Å². The Bertz CT molecular complexity index is 1000. The Kier molecular flexibility index (Phi) is 4.92. The summed E-state index contributed by atoms with van der Waals surface area (Å²) in [7, 11) is 0. The van der Waals surface area contributed by atoms with E-state index in [-0.39, 0.29) is 11.8 Å². The Morgan fingerprint density at radius 1 is 1.18 bits per heavy atom. The number of aromatic amines is 1. The van der Waals surface area contributed by atoms with E-state index in [1.54, 1.807) is 24.7 Å². The van der Waals surface area contributed by atoms with Crippen molar-refractivity contribution < 1.29 is 9.59 Å². The van der Waals surface area contributed by atoms with Crippen LogP contribution in [0, 0.1) is 6.92 Å². The number of H-pyrrole nitrogens is 1. The summed E-state index contributed by atoms with van der Waals surface area (Å²) >= 11 is 0. The molecule has 4 rings (SSSR count). The monoisotopic (exact) mass is 378 g/mol. The molecule has 0 spiro atoms. The molecule has 1 aliphatic heterocycles. The lowest BCUT2D eigenvalue weighted by Crippen LogP contribution is -2.27. The van der Waals surface area contributed by atoms with Gasteiger partial charge >= 0.3 is 0 Å². The van der Waals surface area contributed by atoms with E-state index in [1.165, 1.54) is 0 Å². The lowest BCUT2D eigenvalue weighted by molar-refractivity contribution is 0.0787. The number of aromatic nitrogens is 4. The summed E-state index contributed by atoms with van der Waals surface area (Å²) in [6.45, 7) is 3.83. The van der Waals surface area contributed by atoms with Gasteiger partial charge in [-0.05, 0) is 43.5 Å². The van der Waals surface area contributed by atoms with Crippen LogP contribution in [0.1, 0.15) is 45.1 Å². The van der Waals surface area contributed by atoms with Crippen molar-refractivity contribution in [3.63, 3.8) is 0 Å². The predicted molar refractivity (Wildman–Crippen MR) is 103 cm³/mol. The maximum Gasteiger partial charge on any atom is 0.270 e. The highest BCUT2D eigenvalue weighted by Gasteiger charge is 2.21. The van der Waals surface area contributed by atoms with Crippen LogP contribution in [0.15, 0.2) is 43.0 Å². The van der Waals surface area contributed by atoms with Crippen molar-refractivity contribution in [1.29, 1.82) is 0 Å². The van der Waals surface area contributed by atoms with Crippen molar-refractivity contribution in [1.82, 2.24) is 29.7 Å². The van der Waals surface area contributed by atoms with Gasteiger partial charge in [0, 0.05) is 44.4 Å². The molecular formula is C20H22N6O2. The zero-order valence-electron chi connectivity index (χ0n) is 15.7. The Labute approximate surface area is 162 Å². The van der Waals surface area contributed by atoms with E-state index in [0.717, 1.165) is 43.1 Å². The second-order valence-corrected chi connectivity index (χ2v) is 6.85. The molecule has 0 aliphatic carbocycles. The third-order valence-corrected chi connectivity index (χ3v) is 4.90. The van der Waals surface area contributed by atoms with Gasteiger partial charge in [-0.25, -0.2) is 9.97 Å². The number of hydrogen-bond donors (Lipinski definition) is 2. The number of likely N-dealkylation sites (tertiary alicyclic amines) is 1. The van der Waals surface area contributed by atoms with Gasteiger partial charge in [0.05, 0.1) is 5.56 Å². The van der Waals surface area contributed by atoms with Crippen LogP contribution in [0.25, 0.3) is 5.82 Å². The number of nitrogens with zero attached hydrogens (tertiary/aromatic N) is 4. The van der Waals surface area contributed by atoms with Crippen LogP contribution in [0.4, 0.5) is 0 Å². The predicted octanol–water partition coefficient (Wildman–Crippen LogP) is 2.07. The van der Waals surface area contributed by atoms with E-state index >= 15 is 0 Å². The minimum absolute atomic E-state index is 0.0500. The molecule has 0 atom stereocenters. The SMILES string of the molecule is Cc1nccn1-c1cc(CNC(=O)c2c[nH]c(C(=O)N3CCCC3)c2)ccn1. The molecule has 1 saturated heterocycles. The summed E-state index contributed by atoms with van der Waals surface area (Å²) in [6.07, 6.45) is 8.92. The number of nitrogens with one attached hydrogen (secondary N) is 2. The number of carbonyl (C=O) groups excluding carboxylic acids is 2. The van der Waals surface area contributed by atoms with E-state index < -0.39 is 0 Å². The molecule has 3 aromatic heterocycles. The molecule has 1 fully saturated rings. The van der Waals surface area contributed by atoms with Gasteiger partial charge in [0.2, 0.25) is 0 Å². The first-order valence-electron chi connectivity index (χ1n) is 9.33. The van der Waals surface area contributed by atoms with Gasteiger partial charge in [-0.1, -0.05) is 0 Å². The van der Waals surface area contributed by atoms with Crippen LogP contribution in [-0.4, -0.2) is 49.3 Å². The van der Waals surface area contributed by atoms with E-state index in [1.807, 2.05) is 34.7 Å². The number of amides is 2. The van der Waals surface area contributed by atoms with E-state index in [0.29, 0.717) is 17.8 Å². The Hall–Kier alpha value is -3.42. The van der Waals surface area contributed by atoms with Gasteiger partial charge < -0.3 is 15.2 Å². The van der Waals surface area contributed by atoms with Crippen molar-refractivity contribution in [2.45, 2.75) is 26.3 Å². The zero-order valence-corrected chi connectivity index (χ0v) is 15.7. The van der Waals surface area contributed by atoms with Crippen molar-refractivity contribution in [3.05, 3.63) is 65.6 Å². The fourth-order valence-corrected chi connectivity index (χ4v) is 3.35. The largest absolute Gasteiger partial charge is 0.356 e. The number of carbonyl (C=O) groups is 2. The van der Waals surface area contributed by atoms with Gasteiger partial charge in [0.1, 0.15) is 17.3 Å². The highest BCUT2D eigenvalue weighted by Crippen LogP contribution is 2.14. The van der Waals surface area contributed by atoms with Crippen LogP contribution < -0.4 is 5.32 Å². The second-order valence-electron chi connectivity index (χ2n) is 6.85. The normalized spacial score (nSPS) is 13.7. The molecule has 0 aromatic carbocycles. The summed E-state index contributed by atoms with van der Waals surface area (Å²) in [5.74, 6) is 1.32. The van der Waals surface area contributed by atoms with Crippen LogP contribution >= 0.6 is 0 Å². The molecule has 2 amide bonds. The lowest BCUT2D eigenvalue weighted by atomic mass is 10.2. The fourth-order valence-electron chi connectivity index (χ4n) is 3.35. The summed E-state index contributed by atoms with van der Waals surface area (Å²) in [5.41, 5.74) is 1.83. The molecule has 28 heavy (non-hydrogen) atoms. The van der Waals surface area contributed by atoms with Gasteiger partial charge in [-0.15, -0.1) is 0 Å². The molecule has 0 saturated carbocycles. The molecule has 8 heteroatoms. The highest BCUT2D eigenvalue weighted by atomic mass is 16.2. The van der Waals surface area contributed by atoms with Crippen LogP contribution in [0.2, 0.25) is 0 Å². The second kappa shape index (κ2) is 7.67. The van der Waals surface area contributed by atoms with Crippen LogP contribution in [0.3, 0.4) is 0 Å². The van der Waals surface area contributed by atoms with Gasteiger partial charge in [0.15, 0.2) is 0 Å². The topological polar surface area (TPSA) is 95.9 Å². The Morgan fingerprint density at radius 2 is 2.00 bits per heavy atom. The minimum Gasteiger partial charge on any atom is -0.356 e. The molecule has 0 bridgehead atoms. The molecule has 0 unspecified atom stereocenters. The molecule has 1 aliphatic rings. The first-order valence-corrected chi connectivity index (χ1v) is 9.33. The number of aryl methyl sites for hydroxylation is 1. The number of rotatable bonds is 5.